The van der Waals surface area contributed by atoms with Crippen molar-refractivity contribution in [3.05, 3.63) is 12.2 Å². The summed E-state index contributed by atoms with van der Waals surface area (Å²) in [4.78, 5) is 21.3. The molecule has 0 aromatic rings. The first-order valence-electron chi connectivity index (χ1n) is 6.69. The minimum Gasteiger partial charge on any atom is -0.478 e. The van der Waals surface area contributed by atoms with E-state index in [0.29, 0.717) is 12.5 Å². The molecule has 1 N–H and O–H groups in total. The molecule has 0 saturated heterocycles. The summed E-state index contributed by atoms with van der Waals surface area (Å²) in [5.41, 5.74) is 0. The topological polar surface area (TPSA) is 63.6 Å². The fourth-order valence-electron chi connectivity index (χ4n) is 2.44. The molecule has 0 bridgehead atoms. The van der Waals surface area contributed by atoms with Gasteiger partial charge in [-0.1, -0.05) is 39.0 Å². The molecule has 0 aromatic carbocycles. The number of carbonyl (C=O) groups is 2. The Kier molecular flexibility index (Phi) is 6.47. The van der Waals surface area contributed by atoms with Gasteiger partial charge in [-0.05, 0) is 18.3 Å². The van der Waals surface area contributed by atoms with Gasteiger partial charge < -0.3 is 9.84 Å². The molecule has 0 heterocycles. The van der Waals surface area contributed by atoms with Gasteiger partial charge in [-0.15, -0.1) is 0 Å². The molecule has 0 aromatic heterocycles. The van der Waals surface area contributed by atoms with E-state index in [2.05, 4.69) is 6.92 Å². The van der Waals surface area contributed by atoms with Crippen molar-refractivity contribution in [2.24, 2.45) is 11.8 Å². The van der Waals surface area contributed by atoms with Crippen LogP contribution in [0, 0.1) is 11.8 Å². The Balaban J connectivity index is 2.11. The van der Waals surface area contributed by atoms with Crippen molar-refractivity contribution in [3.63, 3.8) is 0 Å². The first-order chi connectivity index (χ1) is 8.61. The van der Waals surface area contributed by atoms with Crippen LogP contribution in [0.4, 0.5) is 0 Å². The van der Waals surface area contributed by atoms with E-state index in [1.807, 2.05) is 0 Å². The minimum atomic E-state index is -1.13. The SMILES string of the molecule is CCC1CCC(CCOC(=O)/C=C/C(=O)O)CC1. The maximum absolute atomic E-state index is 11.1. The number of carbonyl (C=O) groups excluding carboxylic acids is 1. The summed E-state index contributed by atoms with van der Waals surface area (Å²) in [6.45, 7) is 2.63. The molecule has 0 atom stereocenters. The third kappa shape index (κ3) is 5.84. The standard InChI is InChI=1S/C14H22O4/c1-2-11-3-5-12(6-4-11)9-10-18-14(17)8-7-13(15)16/h7-8,11-12H,2-6,9-10H2,1H3,(H,15,16)/b8-7+. The molecule has 0 amide bonds. The molecule has 4 heteroatoms. The maximum atomic E-state index is 11.1. The summed E-state index contributed by atoms with van der Waals surface area (Å²) >= 11 is 0. The van der Waals surface area contributed by atoms with Crippen molar-refractivity contribution in [1.29, 1.82) is 0 Å². The predicted molar refractivity (Wildman–Crippen MR) is 68.1 cm³/mol. The lowest BCUT2D eigenvalue weighted by Crippen LogP contribution is -2.16. The molecule has 18 heavy (non-hydrogen) atoms. The molecule has 0 radical (unpaired) electrons. The van der Waals surface area contributed by atoms with E-state index in [-0.39, 0.29) is 0 Å². The van der Waals surface area contributed by atoms with Crippen LogP contribution in [-0.4, -0.2) is 23.7 Å². The Bertz CT molecular complexity index is 301. The highest BCUT2D eigenvalue weighted by atomic mass is 16.5. The second-order valence-corrected chi connectivity index (χ2v) is 4.92. The van der Waals surface area contributed by atoms with Crippen molar-refractivity contribution >= 4 is 11.9 Å². The monoisotopic (exact) mass is 254 g/mol. The lowest BCUT2D eigenvalue weighted by atomic mass is 9.80. The minimum absolute atomic E-state index is 0.393. The number of ether oxygens (including phenoxy) is 1. The molecule has 1 rings (SSSR count). The Hall–Kier alpha value is -1.32. The van der Waals surface area contributed by atoms with Crippen molar-refractivity contribution in [2.75, 3.05) is 6.61 Å². The molecular weight excluding hydrogens is 232 g/mol. The van der Waals surface area contributed by atoms with E-state index in [4.69, 9.17) is 9.84 Å². The van der Waals surface area contributed by atoms with Crippen molar-refractivity contribution in [1.82, 2.24) is 0 Å². The zero-order valence-electron chi connectivity index (χ0n) is 10.9. The fraction of sp³-hybridized carbons (Fsp3) is 0.714. The first-order valence-corrected chi connectivity index (χ1v) is 6.69. The van der Waals surface area contributed by atoms with Crippen molar-refractivity contribution in [2.45, 2.75) is 45.4 Å². The van der Waals surface area contributed by atoms with Gasteiger partial charge in [0.25, 0.3) is 0 Å². The van der Waals surface area contributed by atoms with Crippen LogP contribution in [0.2, 0.25) is 0 Å². The largest absolute Gasteiger partial charge is 0.478 e. The predicted octanol–water partition coefficient (Wildman–Crippen LogP) is 2.78. The summed E-state index contributed by atoms with van der Waals surface area (Å²) in [5.74, 6) is -0.171. The number of hydrogen-bond acceptors (Lipinski definition) is 3. The molecule has 4 nitrogen and oxygen atoms in total. The smallest absolute Gasteiger partial charge is 0.331 e. The maximum Gasteiger partial charge on any atom is 0.331 e. The number of esters is 1. The average molecular weight is 254 g/mol. The molecular formula is C14H22O4. The van der Waals surface area contributed by atoms with E-state index in [9.17, 15) is 9.59 Å². The Morgan fingerprint density at radius 2 is 1.78 bits per heavy atom. The van der Waals surface area contributed by atoms with Crippen LogP contribution in [0.15, 0.2) is 12.2 Å². The van der Waals surface area contributed by atoms with Gasteiger partial charge in [0.15, 0.2) is 0 Å². The van der Waals surface area contributed by atoms with Crippen LogP contribution in [0.5, 0.6) is 0 Å². The zero-order valence-corrected chi connectivity index (χ0v) is 10.9. The van der Waals surface area contributed by atoms with E-state index in [0.717, 1.165) is 24.5 Å². The summed E-state index contributed by atoms with van der Waals surface area (Å²) in [5, 5.41) is 8.35. The molecule has 0 unspecified atom stereocenters. The molecule has 102 valence electrons. The van der Waals surface area contributed by atoms with E-state index in [1.165, 1.54) is 32.1 Å². The van der Waals surface area contributed by atoms with Gasteiger partial charge in [0, 0.05) is 12.2 Å². The number of aliphatic carboxylic acids is 1. The highest BCUT2D eigenvalue weighted by Crippen LogP contribution is 2.32. The van der Waals surface area contributed by atoms with Crippen molar-refractivity contribution < 1.29 is 19.4 Å². The van der Waals surface area contributed by atoms with Crippen LogP contribution in [0.3, 0.4) is 0 Å². The van der Waals surface area contributed by atoms with Crippen LogP contribution in [-0.2, 0) is 14.3 Å². The normalized spacial score (nSPS) is 24.1. The summed E-state index contributed by atoms with van der Waals surface area (Å²) in [6.07, 6.45) is 8.93. The van der Waals surface area contributed by atoms with Crippen molar-refractivity contribution in [3.8, 4) is 0 Å². The summed E-state index contributed by atoms with van der Waals surface area (Å²) in [6, 6.07) is 0. The molecule has 1 aliphatic carbocycles. The Labute approximate surface area is 108 Å². The van der Waals surface area contributed by atoms with Gasteiger partial charge in [-0.25, -0.2) is 9.59 Å². The number of carboxylic acids is 1. The number of carboxylic acid groups (broad SMARTS) is 1. The fourth-order valence-corrected chi connectivity index (χ4v) is 2.44. The molecule has 0 spiro atoms. The average Bonchev–Trinajstić information content (AvgIpc) is 2.37. The first kappa shape index (κ1) is 14.7. The number of rotatable bonds is 6. The van der Waals surface area contributed by atoms with Gasteiger partial charge >= 0.3 is 11.9 Å². The highest BCUT2D eigenvalue weighted by Gasteiger charge is 2.19. The third-order valence-electron chi connectivity index (χ3n) is 3.68. The van der Waals surface area contributed by atoms with Crippen LogP contribution >= 0.6 is 0 Å². The lowest BCUT2D eigenvalue weighted by molar-refractivity contribution is -0.139. The second kappa shape index (κ2) is 7.90. The Morgan fingerprint density at radius 1 is 1.17 bits per heavy atom. The lowest BCUT2D eigenvalue weighted by Gasteiger charge is -2.27. The third-order valence-corrected chi connectivity index (χ3v) is 3.68. The van der Waals surface area contributed by atoms with Crippen LogP contribution in [0.25, 0.3) is 0 Å². The van der Waals surface area contributed by atoms with E-state index < -0.39 is 11.9 Å². The molecule has 0 aliphatic heterocycles. The second-order valence-electron chi connectivity index (χ2n) is 4.92. The van der Waals surface area contributed by atoms with Gasteiger partial charge in [-0.2, -0.15) is 0 Å². The van der Waals surface area contributed by atoms with Gasteiger partial charge in [0.1, 0.15) is 0 Å². The number of hydrogen-bond donors (Lipinski definition) is 1. The summed E-state index contributed by atoms with van der Waals surface area (Å²) in [7, 11) is 0. The van der Waals surface area contributed by atoms with E-state index >= 15 is 0 Å². The zero-order chi connectivity index (χ0) is 13.4. The van der Waals surface area contributed by atoms with Gasteiger partial charge in [0.2, 0.25) is 0 Å². The molecule has 1 saturated carbocycles. The Morgan fingerprint density at radius 3 is 2.33 bits per heavy atom. The van der Waals surface area contributed by atoms with Crippen LogP contribution < -0.4 is 0 Å². The van der Waals surface area contributed by atoms with Gasteiger partial charge in [0.05, 0.1) is 6.61 Å². The van der Waals surface area contributed by atoms with E-state index in [1.54, 1.807) is 0 Å². The van der Waals surface area contributed by atoms with Crippen LogP contribution in [0.1, 0.15) is 45.4 Å². The molecule has 1 aliphatic rings. The highest BCUT2D eigenvalue weighted by molar-refractivity contribution is 5.90. The summed E-state index contributed by atoms with van der Waals surface area (Å²) < 4.78 is 4.96. The quantitative estimate of drug-likeness (QED) is 0.584. The molecule has 1 fully saturated rings. The van der Waals surface area contributed by atoms with Gasteiger partial charge in [-0.3, -0.25) is 0 Å².